The Labute approximate surface area is 161 Å². The van der Waals surface area contributed by atoms with Gasteiger partial charge in [0.2, 0.25) is 11.8 Å². The molecule has 3 amide bonds. The third kappa shape index (κ3) is 4.16. The number of carbonyl (C=O) groups excluding carboxylic acids is 3. The van der Waals surface area contributed by atoms with Crippen LogP contribution in [0.15, 0.2) is 18.2 Å². The first-order chi connectivity index (χ1) is 12.9. The zero-order valence-electron chi connectivity index (χ0n) is 15.0. The van der Waals surface area contributed by atoms with Crippen molar-refractivity contribution in [3.63, 3.8) is 0 Å². The van der Waals surface area contributed by atoms with E-state index in [1.165, 1.54) is 23.1 Å². The maximum absolute atomic E-state index is 13.3. The summed E-state index contributed by atoms with van der Waals surface area (Å²) in [6.45, 7) is 3.92. The number of rotatable bonds is 3. The van der Waals surface area contributed by atoms with Crippen LogP contribution in [-0.2, 0) is 14.3 Å². The monoisotopic (exact) mass is 397 g/mol. The lowest BCUT2D eigenvalue weighted by Crippen LogP contribution is -2.52. The fourth-order valence-corrected chi connectivity index (χ4v) is 3.53. The molecule has 2 fully saturated rings. The second-order valence-corrected chi connectivity index (χ2v) is 6.92. The topological polar surface area (TPSA) is 70.2 Å². The van der Waals surface area contributed by atoms with Gasteiger partial charge in [-0.05, 0) is 25.1 Å². The molecule has 1 aromatic carbocycles. The summed E-state index contributed by atoms with van der Waals surface area (Å²) in [7, 11) is 0. The van der Waals surface area contributed by atoms with Gasteiger partial charge in [0.25, 0.3) is 0 Å². The van der Waals surface area contributed by atoms with E-state index in [1.54, 1.807) is 16.7 Å². The predicted molar refractivity (Wildman–Crippen MR) is 97.0 cm³/mol. The summed E-state index contributed by atoms with van der Waals surface area (Å²) in [6.07, 6.45) is -0.272. The molecule has 0 aromatic heterocycles. The standard InChI is InChI=1S/C18H21ClFN3O4/c1-2-27-18(26)22-7-5-21(6-8-22)17(25)12-9-16(24)23(11-12)13-3-4-15(20)14(19)10-13/h3-4,10,12H,2,5-9,11H2,1H3. The normalized spacial score (nSPS) is 20.2. The number of carbonyl (C=O) groups is 3. The smallest absolute Gasteiger partial charge is 0.409 e. The highest BCUT2D eigenvalue weighted by Crippen LogP contribution is 2.29. The molecular formula is C18H21ClFN3O4. The number of piperazine rings is 1. The zero-order valence-corrected chi connectivity index (χ0v) is 15.7. The van der Waals surface area contributed by atoms with Crippen LogP contribution < -0.4 is 4.90 Å². The highest BCUT2D eigenvalue weighted by atomic mass is 35.5. The van der Waals surface area contributed by atoms with Crippen molar-refractivity contribution in [1.29, 1.82) is 0 Å². The van der Waals surface area contributed by atoms with Gasteiger partial charge in [-0.25, -0.2) is 9.18 Å². The Morgan fingerprint density at radius 3 is 2.52 bits per heavy atom. The van der Waals surface area contributed by atoms with E-state index in [0.717, 1.165) is 0 Å². The molecule has 7 nitrogen and oxygen atoms in total. The minimum atomic E-state index is -0.556. The molecule has 0 spiro atoms. The molecule has 3 rings (SSSR count). The van der Waals surface area contributed by atoms with Gasteiger partial charge in [0.1, 0.15) is 5.82 Å². The third-order valence-electron chi connectivity index (χ3n) is 4.81. The number of halogens is 2. The second kappa shape index (κ2) is 8.12. The van der Waals surface area contributed by atoms with E-state index in [2.05, 4.69) is 0 Å². The minimum Gasteiger partial charge on any atom is -0.450 e. The predicted octanol–water partition coefficient (Wildman–Crippen LogP) is 2.13. The van der Waals surface area contributed by atoms with Crippen LogP contribution >= 0.6 is 11.6 Å². The maximum Gasteiger partial charge on any atom is 0.409 e. The average Bonchev–Trinajstić information content (AvgIpc) is 3.05. The van der Waals surface area contributed by atoms with Crippen LogP contribution in [0.5, 0.6) is 0 Å². The second-order valence-electron chi connectivity index (χ2n) is 6.52. The molecule has 0 radical (unpaired) electrons. The van der Waals surface area contributed by atoms with Crippen molar-refractivity contribution < 1.29 is 23.5 Å². The van der Waals surface area contributed by atoms with Crippen molar-refractivity contribution in [3.05, 3.63) is 29.0 Å². The summed E-state index contributed by atoms with van der Waals surface area (Å²) in [5.74, 6) is -1.32. The number of nitrogens with zero attached hydrogens (tertiary/aromatic N) is 3. The van der Waals surface area contributed by atoms with Crippen LogP contribution in [-0.4, -0.2) is 67.0 Å². The van der Waals surface area contributed by atoms with Gasteiger partial charge >= 0.3 is 6.09 Å². The number of hydrogen-bond acceptors (Lipinski definition) is 4. The SMILES string of the molecule is CCOC(=O)N1CCN(C(=O)C2CC(=O)N(c3ccc(F)c(Cl)c3)C2)CC1. The largest absolute Gasteiger partial charge is 0.450 e. The fourth-order valence-electron chi connectivity index (χ4n) is 3.36. The Morgan fingerprint density at radius 2 is 1.89 bits per heavy atom. The molecule has 1 unspecified atom stereocenters. The van der Waals surface area contributed by atoms with E-state index in [9.17, 15) is 18.8 Å². The van der Waals surface area contributed by atoms with Gasteiger partial charge in [0.05, 0.1) is 17.5 Å². The van der Waals surface area contributed by atoms with E-state index >= 15 is 0 Å². The molecule has 0 saturated carbocycles. The Hall–Kier alpha value is -2.35. The molecule has 146 valence electrons. The lowest BCUT2D eigenvalue weighted by molar-refractivity contribution is -0.137. The summed E-state index contributed by atoms with van der Waals surface area (Å²) in [4.78, 5) is 41.5. The van der Waals surface area contributed by atoms with Crippen LogP contribution in [0.25, 0.3) is 0 Å². The van der Waals surface area contributed by atoms with E-state index < -0.39 is 11.7 Å². The van der Waals surface area contributed by atoms with Gasteiger partial charge in [0.15, 0.2) is 0 Å². The van der Waals surface area contributed by atoms with Crippen LogP contribution in [0.2, 0.25) is 5.02 Å². The van der Waals surface area contributed by atoms with Crippen LogP contribution in [0.3, 0.4) is 0 Å². The van der Waals surface area contributed by atoms with Crippen LogP contribution in [0.1, 0.15) is 13.3 Å². The van der Waals surface area contributed by atoms with Crippen molar-refractivity contribution in [2.75, 3.05) is 44.2 Å². The van der Waals surface area contributed by atoms with Crippen LogP contribution in [0, 0.1) is 11.7 Å². The number of ether oxygens (including phenoxy) is 1. The lowest BCUT2D eigenvalue weighted by atomic mass is 10.1. The summed E-state index contributed by atoms with van der Waals surface area (Å²) in [5, 5.41) is -0.0647. The third-order valence-corrected chi connectivity index (χ3v) is 5.10. The summed E-state index contributed by atoms with van der Waals surface area (Å²) in [6, 6.07) is 4.07. The summed E-state index contributed by atoms with van der Waals surface area (Å²) in [5.41, 5.74) is 0.480. The van der Waals surface area contributed by atoms with E-state index in [4.69, 9.17) is 16.3 Å². The average molecular weight is 398 g/mol. The first-order valence-corrected chi connectivity index (χ1v) is 9.24. The van der Waals surface area contributed by atoms with Crippen molar-refractivity contribution in [3.8, 4) is 0 Å². The van der Waals surface area contributed by atoms with Crippen molar-refractivity contribution >= 4 is 35.2 Å². The number of amides is 3. The van der Waals surface area contributed by atoms with Crippen molar-refractivity contribution in [1.82, 2.24) is 9.80 Å². The van der Waals surface area contributed by atoms with Gasteiger partial charge in [0, 0.05) is 44.8 Å². The van der Waals surface area contributed by atoms with Gasteiger partial charge < -0.3 is 19.4 Å². The van der Waals surface area contributed by atoms with Crippen LogP contribution in [0.4, 0.5) is 14.9 Å². The first-order valence-electron chi connectivity index (χ1n) is 8.86. The molecule has 27 heavy (non-hydrogen) atoms. The van der Waals surface area contributed by atoms with Gasteiger partial charge in [-0.1, -0.05) is 11.6 Å². The molecular weight excluding hydrogens is 377 g/mol. The molecule has 1 aromatic rings. The molecule has 0 N–H and O–H groups in total. The number of hydrogen-bond donors (Lipinski definition) is 0. The highest BCUT2D eigenvalue weighted by molar-refractivity contribution is 6.31. The molecule has 2 aliphatic rings. The molecule has 0 bridgehead atoms. The molecule has 2 aliphatic heterocycles. The van der Waals surface area contributed by atoms with Crippen molar-refractivity contribution in [2.45, 2.75) is 13.3 Å². The summed E-state index contributed by atoms with van der Waals surface area (Å²) < 4.78 is 18.3. The van der Waals surface area contributed by atoms with Crippen molar-refractivity contribution in [2.24, 2.45) is 5.92 Å². The number of benzene rings is 1. The lowest BCUT2D eigenvalue weighted by Gasteiger charge is -2.35. The van der Waals surface area contributed by atoms with Gasteiger partial charge in [-0.2, -0.15) is 0 Å². The summed E-state index contributed by atoms with van der Waals surface area (Å²) >= 11 is 5.79. The van der Waals surface area contributed by atoms with Gasteiger partial charge in [-0.3, -0.25) is 9.59 Å². The number of anilines is 1. The van der Waals surface area contributed by atoms with E-state index in [-0.39, 0.29) is 35.9 Å². The molecule has 2 saturated heterocycles. The highest BCUT2D eigenvalue weighted by Gasteiger charge is 2.38. The van der Waals surface area contributed by atoms with Gasteiger partial charge in [-0.15, -0.1) is 0 Å². The maximum atomic E-state index is 13.3. The Bertz CT molecular complexity index is 752. The van der Waals surface area contributed by atoms with E-state index in [1.807, 2.05) is 0 Å². The van der Waals surface area contributed by atoms with E-state index in [0.29, 0.717) is 38.5 Å². The fraction of sp³-hybridized carbons (Fsp3) is 0.500. The first kappa shape index (κ1) is 19.4. The zero-order chi connectivity index (χ0) is 19.6. The minimum absolute atomic E-state index is 0.0647. The molecule has 1 atom stereocenters. The molecule has 2 heterocycles. The quantitative estimate of drug-likeness (QED) is 0.783. The molecule has 0 aliphatic carbocycles. The Balaban J connectivity index is 1.59. The Kier molecular flexibility index (Phi) is 5.84. The molecule has 9 heteroatoms. The Morgan fingerprint density at radius 1 is 1.22 bits per heavy atom.